The molecular weight excluding hydrogens is 275 g/mol. The molecule has 1 unspecified atom stereocenters. The molecule has 1 fully saturated rings. The number of rotatable bonds is 4. The van der Waals surface area contributed by atoms with Crippen molar-refractivity contribution < 1.29 is 19.1 Å². The Balaban J connectivity index is 1.89. The molecule has 5 nitrogen and oxygen atoms in total. The predicted molar refractivity (Wildman–Crippen MR) is 75.4 cm³/mol. The molecule has 1 aliphatic rings. The maximum Gasteiger partial charge on any atom is 0.320 e. The van der Waals surface area contributed by atoms with Crippen LogP contribution >= 0.6 is 0 Å². The van der Waals surface area contributed by atoms with Crippen LogP contribution in [0.1, 0.15) is 12.5 Å². The third-order valence-corrected chi connectivity index (χ3v) is 3.87. The Labute approximate surface area is 123 Å². The number of carboxylic acids is 1. The number of aliphatic carboxylic acids is 1. The topological polar surface area (TPSA) is 60.9 Å². The fraction of sp³-hybridized carbons (Fsp3) is 0.467. The molecule has 0 saturated carbocycles. The normalized spacial score (nSPS) is 17.5. The first-order valence-electron chi connectivity index (χ1n) is 6.97. The Morgan fingerprint density at radius 2 is 1.86 bits per heavy atom. The van der Waals surface area contributed by atoms with Crippen molar-refractivity contribution in [2.75, 3.05) is 26.2 Å². The summed E-state index contributed by atoms with van der Waals surface area (Å²) in [6.45, 7) is 3.64. The highest BCUT2D eigenvalue weighted by Gasteiger charge is 2.27. The first kappa shape index (κ1) is 15.4. The number of halogens is 1. The average molecular weight is 294 g/mol. The summed E-state index contributed by atoms with van der Waals surface area (Å²) in [5.41, 5.74) is 0.392. The van der Waals surface area contributed by atoms with Gasteiger partial charge in [-0.25, -0.2) is 4.39 Å². The molecule has 0 spiro atoms. The standard InChI is InChI=1S/C15H19FN2O3/c1-11(15(20)21)17-6-8-18(9-7-17)14(19)10-12-4-2-3-5-13(12)16/h2-5,11H,6-10H2,1H3,(H,20,21). The zero-order valence-electron chi connectivity index (χ0n) is 12.0. The largest absolute Gasteiger partial charge is 0.480 e. The summed E-state index contributed by atoms with van der Waals surface area (Å²) >= 11 is 0. The third-order valence-electron chi connectivity index (χ3n) is 3.87. The third kappa shape index (κ3) is 3.78. The number of carbonyl (C=O) groups excluding carboxylic acids is 1. The molecule has 1 saturated heterocycles. The van der Waals surface area contributed by atoms with Gasteiger partial charge in [0.1, 0.15) is 11.9 Å². The van der Waals surface area contributed by atoms with E-state index in [1.165, 1.54) is 6.07 Å². The molecule has 0 aliphatic carbocycles. The zero-order chi connectivity index (χ0) is 15.4. The summed E-state index contributed by atoms with van der Waals surface area (Å²) in [7, 11) is 0. The summed E-state index contributed by atoms with van der Waals surface area (Å²) in [5.74, 6) is -1.35. The highest BCUT2D eigenvalue weighted by Crippen LogP contribution is 2.11. The minimum Gasteiger partial charge on any atom is -0.480 e. The van der Waals surface area contributed by atoms with Crippen LogP contribution in [0.25, 0.3) is 0 Å². The lowest BCUT2D eigenvalue weighted by Gasteiger charge is -2.36. The van der Waals surface area contributed by atoms with E-state index < -0.39 is 12.0 Å². The van der Waals surface area contributed by atoms with E-state index in [9.17, 15) is 14.0 Å². The van der Waals surface area contributed by atoms with Gasteiger partial charge in [-0.2, -0.15) is 0 Å². The molecule has 1 aliphatic heterocycles. The van der Waals surface area contributed by atoms with Crippen molar-refractivity contribution in [1.82, 2.24) is 9.80 Å². The molecule has 1 N–H and O–H groups in total. The summed E-state index contributed by atoms with van der Waals surface area (Å²) in [4.78, 5) is 26.6. The molecule has 1 heterocycles. The SMILES string of the molecule is CC(C(=O)O)N1CCN(C(=O)Cc2ccccc2F)CC1. The quantitative estimate of drug-likeness (QED) is 0.899. The summed E-state index contributed by atoms with van der Waals surface area (Å²) in [6, 6.07) is 5.70. The summed E-state index contributed by atoms with van der Waals surface area (Å²) < 4.78 is 13.5. The van der Waals surface area contributed by atoms with Gasteiger partial charge in [-0.05, 0) is 18.6 Å². The van der Waals surface area contributed by atoms with Gasteiger partial charge in [-0.3, -0.25) is 14.5 Å². The molecular formula is C15H19FN2O3. The Kier molecular flexibility index (Phi) is 4.90. The molecule has 2 rings (SSSR count). The Hall–Kier alpha value is -1.95. The van der Waals surface area contributed by atoms with Gasteiger partial charge in [-0.1, -0.05) is 18.2 Å². The lowest BCUT2D eigenvalue weighted by atomic mass is 10.1. The van der Waals surface area contributed by atoms with Crippen LogP contribution < -0.4 is 0 Å². The molecule has 1 aromatic carbocycles. The minimum atomic E-state index is -0.860. The van der Waals surface area contributed by atoms with Gasteiger partial charge in [0.15, 0.2) is 0 Å². The molecule has 21 heavy (non-hydrogen) atoms. The van der Waals surface area contributed by atoms with E-state index in [1.54, 1.807) is 30.0 Å². The van der Waals surface area contributed by atoms with E-state index in [-0.39, 0.29) is 18.1 Å². The Bertz CT molecular complexity index is 527. The molecule has 0 bridgehead atoms. The number of nitrogens with zero attached hydrogens (tertiary/aromatic N) is 2. The van der Waals surface area contributed by atoms with Gasteiger partial charge in [0.25, 0.3) is 0 Å². The molecule has 1 atom stereocenters. The van der Waals surface area contributed by atoms with Gasteiger partial charge in [0, 0.05) is 26.2 Å². The molecule has 114 valence electrons. The van der Waals surface area contributed by atoms with E-state index in [0.29, 0.717) is 31.7 Å². The number of hydrogen-bond donors (Lipinski definition) is 1. The first-order chi connectivity index (χ1) is 9.99. The van der Waals surface area contributed by atoms with Crippen LogP contribution in [-0.2, 0) is 16.0 Å². The van der Waals surface area contributed by atoms with Crippen LogP contribution in [0.5, 0.6) is 0 Å². The van der Waals surface area contributed by atoms with Gasteiger partial charge in [0.2, 0.25) is 5.91 Å². The van der Waals surface area contributed by atoms with Gasteiger partial charge in [0.05, 0.1) is 6.42 Å². The zero-order valence-corrected chi connectivity index (χ0v) is 12.0. The number of carbonyl (C=O) groups is 2. The van der Waals surface area contributed by atoms with E-state index in [1.807, 2.05) is 4.90 Å². The maximum atomic E-state index is 13.5. The van der Waals surface area contributed by atoms with Crippen molar-refractivity contribution >= 4 is 11.9 Å². The Morgan fingerprint density at radius 1 is 1.24 bits per heavy atom. The lowest BCUT2D eigenvalue weighted by Crippen LogP contribution is -2.53. The lowest BCUT2D eigenvalue weighted by molar-refractivity contribution is -0.144. The van der Waals surface area contributed by atoms with E-state index in [4.69, 9.17) is 5.11 Å². The van der Waals surface area contributed by atoms with E-state index in [0.717, 1.165) is 0 Å². The van der Waals surface area contributed by atoms with Crippen LogP contribution in [0.15, 0.2) is 24.3 Å². The number of carboxylic acid groups (broad SMARTS) is 1. The fourth-order valence-corrected chi connectivity index (χ4v) is 2.43. The summed E-state index contributed by atoms with van der Waals surface area (Å²) in [6.07, 6.45) is 0.0428. The van der Waals surface area contributed by atoms with Crippen LogP contribution in [0, 0.1) is 5.82 Å². The van der Waals surface area contributed by atoms with Gasteiger partial charge < -0.3 is 10.0 Å². The predicted octanol–water partition coefficient (Wildman–Crippen LogP) is 0.986. The van der Waals surface area contributed by atoms with Crippen LogP contribution in [0.4, 0.5) is 4.39 Å². The van der Waals surface area contributed by atoms with Crippen molar-refractivity contribution in [2.45, 2.75) is 19.4 Å². The molecule has 6 heteroatoms. The second kappa shape index (κ2) is 6.67. The van der Waals surface area contributed by atoms with Crippen molar-refractivity contribution in [2.24, 2.45) is 0 Å². The number of hydrogen-bond acceptors (Lipinski definition) is 3. The second-order valence-corrected chi connectivity index (χ2v) is 5.20. The molecule has 1 amide bonds. The molecule has 0 radical (unpaired) electrons. The molecule has 0 aromatic heterocycles. The van der Waals surface area contributed by atoms with Crippen LogP contribution in [-0.4, -0.2) is 59.0 Å². The van der Waals surface area contributed by atoms with Gasteiger partial charge in [-0.15, -0.1) is 0 Å². The van der Waals surface area contributed by atoms with Crippen LogP contribution in [0.2, 0.25) is 0 Å². The maximum absolute atomic E-state index is 13.5. The smallest absolute Gasteiger partial charge is 0.320 e. The molecule has 1 aromatic rings. The fourth-order valence-electron chi connectivity index (χ4n) is 2.43. The number of amides is 1. The van der Waals surface area contributed by atoms with Crippen molar-refractivity contribution in [1.29, 1.82) is 0 Å². The van der Waals surface area contributed by atoms with Crippen molar-refractivity contribution in [3.8, 4) is 0 Å². The monoisotopic (exact) mass is 294 g/mol. The van der Waals surface area contributed by atoms with Crippen molar-refractivity contribution in [3.63, 3.8) is 0 Å². The highest BCUT2D eigenvalue weighted by molar-refractivity contribution is 5.79. The number of benzene rings is 1. The highest BCUT2D eigenvalue weighted by atomic mass is 19.1. The minimum absolute atomic E-state index is 0.0428. The average Bonchev–Trinajstić information content (AvgIpc) is 2.49. The van der Waals surface area contributed by atoms with Gasteiger partial charge >= 0.3 is 5.97 Å². The first-order valence-corrected chi connectivity index (χ1v) is 6.97. The Morgan fingerprint density at radius 3 is 2.43 bits per heavy atom. The second-order valence-electron chi connectivity index (χ2n) is 5.20. The summed E-state index contributed by atoms with van der Waals surface area (Å²) in [5, 5.41) is 8.97. The van der Waals surface area contributed by atoms with Crippen molar-refractivity contribution in [3.05, 3.63) is 35.6 Å². The van der Waals surface area contributed by atoms with Crippen LogP contribution in [0.3, 0.4) is 0 Å². The number of piperazine rings is 1. The van der Waals surface area contributed by atoms with E-state index >= 15 is 0 Å². The van der Waals surface area contributed by atoms with E-state index in [2.05, 4.69) is 0 Å².